The summed E-state index contributed by atoms with van der Waals surface area (Å²) in [4.78, 5) is 39.1. The topological polar surface area (TPSA) is 178 Å². The first kappa shape index (κ1) is 23.0. The number of amides is 1. The van der Waals surface area contributed by atoms with E-state index in [1.54, 1.807) is 21.1 Å². The van der Waals surface area contributed by atoms with E-state index in [9.17, 15) is 39.9 Å². The van der Waals surface area contributed by atoms with E-state index >= 15 is 0 Å². The first-order valence-electron chi connectivity index (χ1n) is 10.4. The molecule has 4 rings (SSSR count). The van der Waals surface area contributed by atoms with E-state index in [2.05, 4.69) is 0 Å². The van der Waals surface area contributed by atoms with Crippen molar-refractivity contribution >= 4 is 23.2 Å². The van der Waals surface area contributed by atoms with E-state index in [1.165, 1.54) is 25.1 Å². The number of Topliss-reactive ketones (excluding diaryl/α,β-unsaturated/α-hetero) is 2. The van der Waals surface area contributed by atoms with Gasteiger partial charge in [0.2, 0.25) is 11.6 Å². The monoisotopic (exact) mass is 459 g/mol. The minimum Gasteiger partial charge on any atom is -0.508 e. The summed E-state index contributed by atoms with van der Waals surface area (Å²) in [6.45, 7) is 1.41. The summed E-state index contributed by atoms with van der Waals surface area (Å²) in [5.41, 5.74) is -0.460. The first-order chi connectivity index (χ1) is 15.1. The quantitative estimate of drug-likeness (QED) is 0.259. The summed E-state index contributed by atoms with van der Waals surface area (Å²) in [5, 5.41) is 55.3. The second-order valence-corrected chi connectivity index (χ2v) is 10.1. The van der Waals surface area contributed by atoms with E-state index in [4.69, 9.17) is 5.73 Å². The molecule has 1 aromatic carbocycles. The van der Waals surface area contributed by atoms with Crippen molar-refractivity contribution in [2.24, 2.45) is 17.6 Å². The maximum atomic E-state index is 13.8. The Morgan fingerprint density at radius 3 is 2.27 bits per heavy atom. The third-order valence-corrected chi connectivity index (χ3v) is 7.30. The highest BCUT2D eigenvalue weighted by molar-refractivity contribution is 6.24. The zero-order chi connectivity index (χ0) is 24.8. The minimum absolute atomic E-state index is 0.111. The summed E-state index contributed by atoms with van der Waals surface area (Å²) in [6.07, 6.45) is -0.189. The molecule has 3 aliphatic rings. The molecule has 1 amide bonds. The van der Waals surface area contributed by atoms with Gasteiger partial charge in [-0.15, -0.1) is 0 Å². The molecule has 3 aliphatic carbocycles. The average molecular weight is 459 g/mol. The molecule has 7 N–H and O–H groups in total. The molecule has 10 heteroatoms. The van der Waals surface area contributed by atoms with Crippen molar-refractivity contribution in [2.75, 3.05) is 21.1 Å². The molecule has 0 radical (unpaired) electrons. The fraction of sp³-hybridized carbons (Fsp3) is 0.435. The van der Waals surface area contributed by atoms with Gasteiger partial charge in [0.05, 0.1) is 38.2 Å². The summed E-state index contributed by atoms with van der Waals surface area (Å²) in [6, 6.07) is 3.09. The third-order valence-electron chi connectivity index (χ3n) is 7.30. The van der Waals surface area contributed by atoms with Crippen molar-refractivity contribution in [3.05, 3.63) is 46.2 Å². The predicted octanol–water partition coefficient (Wildman–Crippen LogP) is -0.226. The molecule has 0 spiro atoms. The number of hydrogen-bond acceptors (Lipinski definition) is 8. The van der Waals surface area contributed by atoms with Crippen LogP contribution in [-0.4, -0.2) is 80.3 Å². The lowest BCUT2D eigenvalue weighted by Crippen LogP contribution is -2.70. The molecule has 0 aromatic heterocycles. The van der Waals surface area contributed by atoms with Crippen LogP contribution < -0.4 is 5.73 Å². The Labute approximate surface area is 189 Å². The van der Waals surface area contributed by atoms with E-state index in [0.717, 1.165) is 0 Å². The molecule has 1 aromatic rings. The number of phenols is 1. The first-order valence-corrected chi connectivity index (χ1v) is 10.4. The number of rotatable bonds is 2. The molecule has 5 atom stereocenters. The van der Waals surface area contributed by atoms with E-state index < -0.39 is 75.0 Å². The van der Waals surface area contributed by atoms with Crippen LogP contribution in [0.2, 0.25) is 0 Å². The van der Waals surface area contributed by atoms with E-state index in [-0.39, 0.29) is 22.0 Å². The van der Waals surface area contributed by atoms with E-state index in [1.807, 2.05) is 0 Å². The van der Waals surface area contributed by atoms with Gasteiger partial charge < -0.3 is 35.7 Å². The summed E-state index contributed by atoms with van der Waals surface area (Å²) in [7, 11) is 4.89. The number of ketones is 2. The maximum Gasteiger partial charge on any atom is 0.256 e. The van der Waals surface area contributed by atoms with Crippen molar-refractivity contribution in [3.8, 4) is 5.75 Å². The number of nitrogens with two attached hydrogens (primary N) is 1. The van der Waals surface area contributed by atoms with Gasteiger partial charge >= 0.3 is 0 Å². The van der Waals surface area contributed by atoms with Crippen molar-refractivity contribution in [1.82, 2.24) is 0 Å². The number of benzene rings is 1. The number of likely N-dealkylation sites (N-methyl/N-ethyl adjacent to an activating group) is 1. The minimum atomic E-state index is -2.74. The Bertz CT molecular complexity index is 1190. The van der Waals surface area contributed by atoms with Crippen LogP contribution in [-0.2, 0) is 20.0 Å². The number of carbonyl (C=O) groups is 3. The lowest BCUT2D eigenvalue weighted by Gasteiger charge is -2.53. The second kappa shape index (κ2) is 6.66. The fourth-order valence-electron chi connectivity index (χ4n) is 5.80. The molecule has 1 fully saturated rings. The lowest BCUT2D eigenvalue weighted by atomic mass is 9.54. The molecular formula is C23H27N2O8+. The molecule has 0 aliphatic heterocycles. The standard InChI is InChI=1S/C23H26N2O8/c1-22(32)9-6-5-7-12(26)13(9)17(27)14-10(22)8-11-16(25(2,3)4)18(28)15(21(24)31)20(30)23(11,33)19(14)29/h5-7,10-11,16,32-33H,8H2,1-4H3,(H4-,24,26,27,28,29,30,31)/p+1/t10?,11?,16-,22+,23-/m0/s1. The third kappa shape index (κ3) is 2.74. The Morgan fingerprint density at radius 1 is 1.12 bits per heavy atom. The second-order valence-electron chi connectivity index (χ2n) is 10.1. The highest BCUT2D eigenvalue weighted by Crippen LogP contribution is 2.57. The van der Waals surface area contributed by atoms with Crippen LogP contribution >= 0.6 is 0 Å². The lowest BCUT2D eigenvalue weighted by molar-refractivity contribution is -0.891. The highest BCUT2D eigenvalue weighted by atomic mass is 16.3. The molecular weight excluding hydrogens is 432 g/mol. The van der Waals surface area contributed by atoms with Gasteiger partial charge in [-0.05, 0) is 25.0 Å². The average Bonchev–Trinajstić information content (AvgIpc) is 2.67. The Morgan fingerprint density at radius 2 is 1.73 bits per heavy atom. The van der Waals surface area contributed by atoms with Gasteiger partial charge in [0.15, 0.2) is 11.6 Å². The van der Waals surface area contributed by atoms with Crippen LogP contribution in [0.5, 0.6) is 5.75 Å². The normalized spacial score (nSPS) is 34.1. The van der Waals surface area contributed by atoms with E-state index in [0.29, 0.717) is 0 Å². The largest absolute Gasteiger partial charge is 0.508 e. The molecule has 0 bridgehead atoms. The van der Waals surface area contributed by atoms with Crippen LogP contribution in [0.3, 0.4) is 0 Å². The number of quaternary nitrogens is 1. The van der Waals surface area contributed by atoms with Gasteiger partial charge in [0.25, 0.3) is 5.91 Å². The Balaban J connectivity index is 2.07. The van der Waals surface area contributed by atoms with Gasteiger partial charge in [-0.3, -0.25) is 14.4 Å². The molecule has 0 heterocycles. The maximum absolute atomic E-state index is 13.8. The van der Waals surface area contributed by atoms with Gasteiger partial charge in [-0.25, -0.2) is 0 Å². The summed E-state index contributed by atoms with van der Waals surface area (Å²) in [5.74, 6) is -7.81. The number of aliphatic hydroxyl groups is 4. The molecule has 176 valence electrons. The van der Waals surface area contributed by atoms with Crippen LogP contribution in [0.4, 0.5) is 0 Å². The number of carbonyl (C=O) groups excluding carboxylic acids is 3. The van der Waals surface area contributed by atoms with Crippen LogP contribution in [0, 0.1) is 11.8 Å². The number of aliphatic hydroxyl groups excluding tert-OH is 2. The van der Waals surface area contributed by atoms with Crippen LogP contribution in [0.1, 0.15) is 24.5 Å². The number of aromatic hydroxyl groups is 1. The fourth-order valence-corrected chi connectivity index (χ4v) is 5.80. The molecule has 10 nitrogen and oxygen atoms in total. The number of hydrogen-bond donors (Lipinski definition) is 6. The molecule has 1 saturated carbocycles. The predicted molar refractivity (Wildman–Crippen MR) is 114 cm³/mol. The van der Waals surface area contributed by atoms with Crippen molar-refractivity contribution in [1.29, 1.82) is 0 Å². The Kier molecular flexibility index (Phi) is 4.63. The van der Waals surface area contributed by atoms with Crippen molar-refractivity contribution in [2.45, 2.75) is 30.6 Å². The summed E-state index contributed by atoms with van der Waals surface area (Å²) >= 11 is 0. The van der Waals surface area contributed by atoms with Gasteiger partial charge in [-0.1, -0.05) is 12.1 Å². The molecule has 33 heavy (non-hydrogen) atoms. The van der Waals surface area contributed by atoms with Crippen LogP contribution in [0.25, 0.3) is 5.76 Å². The number of phenolic OH excluding ortho intramolecular Hbond substituents is 1. The number of primary amides is 1. The zero-order valence-electron chi connectivity index (χ0n) is 18.7. The SMILES string of the molecule is C[C@@]1(O)c2cccc(O)c2C(O)=C2C(=O)[C@]3(O)C(O)=C(C(N)=O)C(=O)[C@@H]([N+](C)(C)C)C3CC21. The number of nitrogens with zero attached hydrogens (tertiary/aromatic N) is 1. The Hall–Kier alpha value is -3.21. The number of fused-ring (bicyclic) bond motifs is 3. The van der Waals surface area contributed by atoms with Gasteiger partial charge in [-0.2, -0.15) is 0 Å². The molecule has 2 unspecified atom stereocenters. The van der Waals surface area contributed by atoms with Crippen molar-refractivity contribution in [3.63, 3.8) is 0 Å². The van der Waals surface area contributed by atoms with Gasteiger partial charge in [0, 0.05) is 11.5 Å². The zero-order valence-corrected chi connectivity index (χ0v) is 18.7. The molecule has 0 saturated heterocycles. The van der Waals surface area contributed by atoms with Crippen LogP contribution in [0.15, 0.2) is 35.1 Å². The van der Waals surface area contributed by atoms with Crippen molar-refractivity contribution < 1.29 is 44.4 Å². The van der Waals surface area contributed by atoms with Gasteiger partial charge in [0.1, 0.15) is 22.8 Å². The summed E-state index contributed by atoms with van der Waals surface area (Å²) < 4.78 is -0.111. The smallest absolute Gasteiger partial charge is 0.256 e. The highest BCUT2D eigenvalue weighted by Gasteiger charge is 2.68.